The number of rotatable bonds is 6. The van der Waals surface area contributed by atoms with Crippen LogP contribution in [0.25, 0.3) is 0 Å². The summed E-state index contributed by atoms with van der Waals surface area (Å²) in [4.78, 5) is 15.5. The summed E-state index contributed by atoms with van der Waals surface area (Å²) in [6.07, 6.45) is 2.54. The summed E-state index contributed by atoms with van der Waals surface area (Å²) >= 11 is 1.69. The van der Waals surface area contributed by atoms with Crippen molar-refractivity contribution in [2.24, 2.45) is 12.0 Å². The van der Waals surface area contributed by atoms with Crippen molar-refractivity contribution in [1.82, 2.24) is 30.0 Å². The van der Waals surface area contributed by atoms with E-state index in [1.54, 1.807) is 22.3 Å². The number of nitrogens with zero attached hydrogens (tertiary/aromatic N) is 6. The van der Waals surface area contributed by atoms with Gasteiger partial charge >= 0.3 is 0 Å². The van der Waals surface area contributed by atoms with E-state index < -0.39 is 0 Å². The maximum absolute atomic E-state index is 4.66. The molecule has 8 heteroatoms. The Balaban J connectivity index is 2.04. The second-order valence-electron chi connectivity index (χ2n) is 4.91. The van der Waals surface area contributed by atoms with Crippen LogP contribution in [0.15, 0.2) is 16.7 Å². The minimum atomic E-state index is 0.585. The van der Waals surface area contributed by atoms with Crippen molar-refractivity contribution < 1.29 is 0 Å². The standard InChI is InChI=1S/C14H23N7S/c1-5-13-19-11(9-22-13)7-16-14(15-6-2)20(3)8-12-17-10-18-21(12)4/h9-10H,5-8H2,1-4H3,(H,15,16). The lowest BCUT2D eigenvalue weighted by atomic mass is 10.4. The molecule has 2 rings (SSSR count). The van der Waals surface area contributed by atoms with Gasteiger partial charge in [0, 0.05) is 26.0 Å². The van der Waals surface area contributed by atoms with Crippen molar-refractivity contribution in [3.63, 3.8) is 0 Å². The van der Waals surface area contributed by atoms with Crippen LogP contribution in [0.5, 0.6) is 0 Å². The lowest BCUT2D eigenvalue weighted by molar-refractivity contribution is 0.448. The molecular weight excluding hydrogens is 298 g/mol. The largest absolute Gasteiger partial charge is 0.357 e. The second kappa shape index (κ2) is 7.88. The zero-order valence-electron chi connectivity index (χ0n) is 13.6. The molecule has 22 heavy (non-hydrogen) atoms. The van der Waals surface area contributed by atoms with Gasteiger partial charge in [-0.3, -0.25) is 4.68 Å². The molecule has 0 atom stereocenters. The molecule has 0 aliphatic rings. The number of guanidine groups is 1. The molecule has 0 fully saturated rings. The summed E-state index contributed by atoms with van der Waals surface area (Å²) in [6, 6.07) is 0. The van der Waals surface area contributed by atoms with Crippen LogP contribution in [0, 0.1) is 0 Å². The molecule has 120 valence electrons. The van der Waals surface area contributed by atoms with E-state index in [1.165, 1.54) is 0 Å². The van der Waals surface area contributed by atoms with Crippen molar-refractivity contribution in [3.8, 4) is 0 Å². The lowest BCUT2D eigenvalue weighted by Crippen LogP contribution is -2.39. The van der Waals surface area contributed by atoms with Crippen LogP contribution in [0.1, 0.15) is 30.4 Å². The lowest BCUT2D eigenvalue weighted by Gasteiger charge is -2.21. The molecule has 0 saturated carbocycles. The fourth-order valence-corrected chi connectivity index (χ4v) is 2.70. The Kier molecular flexibility index (Phi) is 5.88. The maximum Gasteiger partial charge on any atom is 0.194 e. The van der Waals surface area contributed by atoms with Crippen molar-refractivity contribution in [2.75, 3.05) is 13.6 Å². The number of nitrogens with one attached hydrogen (secondary N) is 1. The Bertz CT molecular complexity index is 616. The molecule has 0 radical (unpaired) electrons. The predicted molar refractivity (Wildman–Crippen MR) is 88.8 cm³/mol. The van der Waals surface area contributed by atoms with E-state index >= 15 is 0 Å². The second-order valence-corrected chi connectivity index (χ2v) is 5.85. The maximum atomic E-state index is 4.66. The average Bonchev–Trinajstić information content (AvgIpc) is 3.13. The average molecular weight is 321 g/mol. The minimum Gasteiger partial charge on any atom is -0.357 e. The number of hydrogen-bond acceptors (Lipinski definition) is 5. The Hall–Kier alpha value is -1.96. The topological polar surface area (TPSA) is 71.2 Å². The Morgan fingerprint density at radius 1 is 1.45 bits per heavy atom. The van der Waals surface area contributed by atoms with Crippen LogP contribution in [0.4, 0.5) is 0 Å². The number of thiazole rings is 1. The Labute approximate surface area is 135 Å². The predicted octanol–water partition coefficient (Wildman–Crippen LogP) is 1.43. The minimum absolute atomic E-state index is 0.585. The fraction of sp³-hybridized carbons (Fsp3) is 0.571. The highest BCUT2D eigenvalue weighted by molar-refractivity contribution is 7.09. The number of aryl methyl sites for hydroxylation is 2. The summed E-state index contributed by atoms with van der Waals surface area (Å²) < 4.78 is 1.77. The van der Waals surface area contributed by atoms with Crippen molar-refractivity contribution in [1.29, 1.82) is 0 Å². The first-order valence-electron chi connectivity index (χ1n) is 7.39. The molecule has 0 aliphatic carbocycles. The molecule has 0 bridgehead atoms. The van der Waals surface area contributed by atoms with Gasteiger partial charge in [0.2, 0.25) is 0 Å². The molecule has 2 heterocycles. The van der Waals surface area contributed by atoms with Gasteiger partial charge in [0.05, 0.1) is 23.8 Å². The van der Waals surface area contributed by atoms with Crippen molar-refractivity contribution >= 4 is 17.3 Å². The zero-order chi connectivity index (χ0) is 15.9. The molecule has 1 N–H and O–H groups in total. The van der Waals surface area contributed by atoms with Gasteiger partial charge in [-0.25, -0.2) is 15.0 Å². The summed E-state index contributed by atoms with van der Waals surface area (Å²) in [6.45, 7) is 6.23. The van der Waals surface area contributed by atoms with Gasteiger partial charge in [0.15, 0.2) is 5.96 Å². The van der Waals surface area contributed by atoms with Gasteiger partial charge in [-0.1, -0.05) is 6.92 Å². The molecule has 0 unspecified atom stereocenters. The smallest absolute Gasteiger partial charge is 0.194 e. The summed E-state index contributed by atoms with van der Waals surface area (Å²) in [5, 5.41) is 10.6. The third-order valence-electron chi connectivity index (χ3n) is 3.17. The van der Waals surface area contributed by atoms with Gasteiger partial charge in [0.1, 0.15) is 12.2 Å². The quantitative estimate of drug-likeness (QED) is 0.644. The Morgan fingerprint density at radius 2 is 2.27 bits per heavy atom. The normalized spacial score (nSPS) is 11.7. The molecule has 0 aromatic carbocycles. The van der Waals surface area contributed by atoms with Crippen LogP contribution < -0.4 is 5.32 Å². The SMILES string of the molecule is CCNC(=NCc1csc(CC)n1)N(C)Cc1ncnn1C. The molecule has 0 saturated heterocycles. The van der Waals surface area contributed by atoms with Crippen LogP contribution in [-0.4, -0.2) is 44.2 Å². The molecular formula is C14H23N7S. The van der Waals surface area contributed by atoms with E-state index in [4.69, 9.17) is 0 Å². The van der Waals surface area contributed by atoms with Crippen molar-refractivity contribution in [3.05, 3.63) is 28.2 Å². The van der Waals surface area contributed by atoms with Crippen LogP contribution in [0.3, 0.4) is 0 Å². The molecule has 7 nitrogen and oxygen atoms in total. The van der Waals surface area contributed by atoms with Gasteiger partial charge in [-0.2, -0.15) is 5.10 Å². The van der Waals surface area contributed by atoms with Gasteiger partial charge in [-0.15, -0.1) is 11.3 Å². The van der Waals surface area contributed by atoms with Gasteiger partial charge in [0.25, 0.3) is 0 Å². The Morgan fingerprint density at radius 3 is 2.86 bits per heavy atom. The third-order valence-corrected chi connectivity index (χ3v) is 4.21. The van der Waals surface area contributed by atoms with E-state index in [9.17, 15) is 0 Å². The highest BCUT2D eigenvalue weighted by Gasteiger charge is 2.10. The van der Waals surface area contributed by atoms with Gasteiger partial charge in [-0.05, 0) is 13.3 Å². The summed E-state index contributed by atoms with van der Waals surface area (Å²) in [5.41, 5.74) is 1.02. The molecule has 0 amide bonds. The molecule has 0 aliphatic heterocycles. The van der Waals surface area contributed by atoms with Crippen LogP contribution in [0.2, 0.25) is 0 Å². The third kappa shape index (κ3) is 4.27. The molecule has 2 aromatic heterocycles. The van der Waals surface area contributed by atoms with E-state index in [2.05, 4.69) is 44.6 Å². The number of aromatic nitrogens is 4. The van der Waals surface area contributed by atoms with E-state index in [1.807, 2.05) is 19.0 Å². The van der Waals surface area contributed by atoms with Gasteiger partial charge < -0.3 is 10.2 Å². The van der Waals surface area contributed by atoms with Crippen molar-refractivity contribution in [2.45, 2.75) is 33.4 Å². The summed E-state index contributed by atoms with van der Waals surface area (Å²) in [7, 11) is 3.89. The number of aliphatic imine (C=N–C) groups is 1. The molecule has 2 aromatic rings. The van der Waals surface area contributed by atoms with Crippen LogP contribution in [-0.2, 0) is 26.6 Å². The summed E-state index contributed by atoms with van der Waals surface area (Å²) in [5.74, 6) is 1.74. The first-order valence-corrected chi connectivity index (χ1v) is 8.27. The fourth-order valence-electron chi connectivity index (χ4n) is 1.96. The van der Waals surface area contributed by atoms with E-state index in [-0.39, 0.29) is 0 Å². The van der Waals surface area contributed by atoms with Crippen LogP contribution >= 0.6 is 11.3 Å². The first-order chi connectivity index (χ1) is 10.6. The molecule has 0 spiro atoms. The highest BCUT2D eigenvalue weighted by Crippen LogP contribution is 2.11. The first kappa shape index (κ1) is 16.4. The zero-order valence-corrected chi connectivity index (χ0v) is 14.4. The monoisotopic (exact) mass is 321 g/mol. The van der Waals surface area contributed by atoms with E-state index in [0.717, 1.165) is 35.5 Å². The number of hydrogen-bond donors (Lipinski definition) is 1. The highest BCUT2D eigenvalue weighted by atomic mass is 32.1. The van der Waals surface area contributed by atoms with E-state index in [0.29, 0.717) is 13.1 Å².